The summed E-state index contributed by atoms with van der Waals surface area (Å²) >= 11 is 8.34. The number of rotatable bonds is 5. The van der Waals surface area contributed by atoms with Gasteiger partial charge in [0.1, 0.15) is 11.5 Å². The van der Waals surface area contributed by atoms with E-state index in [1.165, 1.54) is 3.57 Å². The van der Waals surface area contributed by atoms with Gasteiger partial charge in [0.05, 0.1) is 0 Å². The van der Waals surface area contributed by atoms with Gasteiger partial charge in [-0.05, 0) is 59.0 Å². The van der Waals surface area contributed by atoms with Crippen molar-refractivity contribution in [2.45, 2.75) is 26.4 Å². The Morgan fingerprint density at radius 2 is 1.85 bits per heavy atom. The molecule has 0 bridgehead atoms. The maximum Gasteiger partial charge on any atom is 0.133 e. The summed E-state index contributed by atoms with van der Waals surface area (Å²) in [5.41, 5.74) is 1.10. The van der Waals surface area contributed by atoms with Crippen molar-refractivity contribution in [2.24, 2.45) is 0 Å². The lowest BCUT2D eigenvalue weighted by Crippen LogP contribution is -2.22. The highest BCUT2D eigenvalue weighted by Gasteiger charge is 2.07. The van der Waals surface area contributed by atoms with E-state index in [9.17, 15) is 0 Å². The zero-order valence-electron chi connectivity index (χ0n) is 11.5. The van der Waals surface area contributed by atoms with Crippen LogP contribution in [0.5, 0.6) is 11.5 Å². The van der Waals surface area contributed by atoms with Crippen molar-refractivity contribution >= 4 is 34.2 Å². The van der Waals surface area contributed by atoms with Gasteiger partial charge in [-0.15, -0.1) is 0 Å². The summed E-state index contributed by atoms with van der Waals surface area (Å²) in [6.45, 7) is 5.00. The second-order valence-corrected chi connectivity index (χ2v) is 6.53. The molecule has 1 N–H and O–H groups in total. The van der Waals surface area contributed by atoms with E-state index < -0.39 is 0 Å². The number of benzene rings is 2. The lowest BCUT2D eigenvalue weighted by Gasteiger charge is -2.14. The molecule has 0 aliphatic rings. The van der Waals surface area contributed by atoms with Gasteiger partial charge in [0.15, 0.2) is 0 Å². The third-order valence-electron chi connectivity index (χ3n) is 2.77. The molecular weight excluding hydrogens is 385 g/mol. The average Bonchev–Trinajstić information content (AvgIpc) is 2.40. The molecule has 0 heterocycles. The Morgan fingerprint density at radius 1 is 1.15 bits per heavy atom. The molecule has 2 rings (SSSR count). The third-order valence-corrected chi connectivity index (χ3v) is 3.73. The average molecular weight is 402 g/mol. The van der Waals surface area contributed by atoms with Gasteiger partial charge in [-0.25, -0.2) is 0 Å². The highest BCUT2D eigenvalue weighted by Crippen LogP contribution is 2.29. The molecule has 0 atom stereocenters. The fraction of sp³-hybridized carbons (Fsp3) is 0.250. The molecule has 0 aliphatic heterocycles. The van der Waals surface area contributed by atoms with Crippen molar-refractivity contribution in [3.05, 3.63) is 56.6 Å². The molecule has 0 aliphatic carbocycles. The first-order valence-corrected chi connectivity index (χ1v) is 7.95. The summed E-state index contributed by atoms with van der Waals surface area (Å²) in [5.74, 6) is 1.62. The van der Waals surface area contributed by atoms with Crippen LogP contribution in [0, 0.1) is 3.57 Å². The predicted molar refractivity (Wildman–Crippen MR) is 92.7 cm³/mol. The molecule has 4 heteroatoms. The van der Waals surface area contributed by atoms with Crippen LogP contribution in [0.25, 0.3) is 0 Å². The van der Waals surface area contributed by atoms with Crippen LogP contribution in [0.15, 0.2) is 42.5 Å². The van der Waals surface area contributed by atoms with Gasteiger partial charge in [-0.1, -0.05) is 31.5 Å². The van der Waals surface area contributed by atoms with E-state index in [1.54, 1.807) is 0 Å². The molecular formula is C16H17ClINO. The van der Waals surface area contributed by atoms with Crippen molar-refractivity contribution in [1.29, 1.82) is 0 Å². The normalized spacial score (nSPS) is 10.8. The van der Waals surface area contributed by atoms with Crippen molar-refractivity contribution in [1.82, 2.24) is 5.32 Å². The highest BCUT2D eigenvalue weighted by atomic mass is 127. The Bertz CT molecular complexity index is 569. The van der Waals surface area contributed by atoms with Crippen LogP contribution in [-0.4, -0.2) is 6.04 Å². The maximum absolute atomic E-state index is 6.07. The number of hydrogen-bond donors (Lipinski definition) is 1. The van der Waals surface area contributed by atoms with Crippen LogP contribution >= 0.6 is 34.2 Å². The van der Waals surface area contributed by atoms with Gasteiger partial charge >= 0.3 is 0 Å². The van der Waals surface area contributed by atoms with Crippen LogP contribution < -0.4 is 10.1 Å². The maximum atomic E-state index is 6.07. The Hall–Kier alpha value is -0.780. The smallest absolute Gasteiger partial charge is 0.133 e. The van der Waals surface area contributed by atoms with Crippen molar-refractivity contribution in [3.63, 3.8) is 0 Å². The molecule has 20 heavy (non-hydrogen) atoms. The Kier molecular flexibility index (Phi) is 5.69. The van der Waals surface area contributed by atoms with Crippen LogP contribution in [0.2, 0.25) is 5.02 Å². The Morgan fingerprint density at radius 3 is 2.50 bits per heavy atom. The second kappa shape index (κ2) is 7.29. The van der Waals surface area contributed by atoms with Gasteiger partial charge in [0, 0.05) is 26.7 Å². The second-order valence-electron chi connectivity index (χ2n) is 4.84. The molecule has 2 nitrogen and oxygen atoms in total. The summed E-state index contributed by atoms with van der Waals surface area (Å²) < 4.78 is 7.13. The summed E-state index contributed by atoms with van der Waals surface area (Å²) in [4.78, 5) is 0. The van der Waals surface area contributed by atoms with Gasteiger partial charge in [0.25, 0.3) is 0 Å². The molecule has 0 radical (unpaired) electrons. The Balaban J connectivity index is 2.20. The van der Waals surface area contributed by atoms with E-state index in [4.69, 9.17) is 16.3 Å². The van der Waals surface area contributed by atoms with Gasteiger partial charge in [-0.2, -0.15) is 0 Å². The van der Waals surface area contributed by atoms with Crippen LogP contribution in [0.1, 0.15) is 19.4 Å². The van der Waals surface area contributed by atoms with Crippen molar-refractivity contribution < 1.29 is 4.74 Å². The molecule has 0 unspecified atom stereocenters. The topological polar surface area (TPSA) is 21.3 Å². The van der Waals surface area contributed by atoms with E-state index in [2.05, 4.69) is 41.8 Å². The lowest BCUT2D eigenvalue weighted by molar-refractivity contribution is 0.469. The molecule has 0 aromatic heterocycles. The van der Waals surface area contributed by atoms with Crippen LogP contribution in [-0.2, 0) is 6.54 Å². The molecule has 0 saturated heterocycles. The number of ether oxygens (including phenoxy) is 1. The molecule has 2 aromatic rings. The SMILES string of the molecule is CC(C)NCc1ccc(Cl)cc1Oc1ccc(I)cc1. The zero-order chi connectivity index (χ0) is 14.5. The fourth-order valence-corrected chi connectivity index (χ4v) is 2.23. The van der Waals surface area contributed by atoms with Crippen molar-refractivity contribution in [3.8, 4) is 11.5 Å². The van der Waals surface area contributed by atoms with E-state index in [0.29, 0.717) is 11.1 Å². The monoisotopic (exact) mass is 401 g/mol. The fourth-order valence-electron chi connectivity index (χ4n) is 1.71. The van der Waals surface area contributed by atoms with Gasteiger partial charge in [-0.3, -0.25) is 0 Å². The summed E-state index contributed by atoms with van der Waals surface area (Å²) in [5, 5.41) is 4.07. The predicted octanol–water partition coefficient (Wildman–Crippen LogP) is 5.23. The van der Waals surface area contributed by atoms with Crippen LogP contribution in [0.4, 0.5) is 0 Å². The minimum absolute atomic E-state index is 0.428. The molecule has 0 fully saturated rings. The van der Waals surface area contributed by atoms with E-state index in [0.717, 1.165) is 23.6 Å². The molecule has 2 aromatic carbocycles. The highest BCUT2D eigenvalue weighted by molar-refractivity contribution is 14.1. The Labute approximate surface area is 138 Å². The van der Waals surface area contributed by atoms with E-state index in [-0.39, 0.29) is 0 Å². The summed E-state index contributed by atoms with van der Waals surface area (Å²) in [6, 6.07) is 14.1. The first-order valence-electron chi connectivity index (χ1n) is 6.50. The van der Waals surface area contributed by atoms with Gasteiger partial charge < -0.3 is 10.1 Å². The minimum atomic E-state index is 0.428. The number of nitrogens with one attached hydrogen (secondary N) is 1. The number of hydrogen-bond acceptors (Lipinski definition) is 2. The largest absolute Gasteiger partial charge is 0.457 e. The number of halogens is 2. The van der Waals surface area contributed by atoms with Crippen LogP contribution in [0.3, 0.4) is 0 Å². The summed E-state index contributed by atoms with van der Waals surface area (Å²) in [7, 11) is 0. The quantitative estimate of drug-likeness (QED) is 0.692. The molecule has 0 saturated carbocycles. The molecule has 0 amide bonds. The van der Waals surface area contributed by atoms with E-state index in [1.807, 2.05) is 42.5 Å². The van der Waals surface area contributed by atoms with E-state index >= 15 is 0 Å². The standard InChI is InChI=1S/C16H17ClINO/c1-11(2)19-10-12-3-4-13(17)9-16(12)20-15-7-5-14(18)6-8-15/h3-9,11,19H,10H2,1-2H3. The molecule has 106 valence electrons. The minimum Gasteiger partial charge on any atom is -0.457 e. The van der Waals surface area contributed by atoms with Gasteiger partial charge in [0.2, 0.25) is 0 Å². The zero-order valence-corrected chi connectivity index (χ0v) is 14.4. The summed E-state index contributed by atoms with van der Waals surface area (Å²) in [6.07, 6.45) is 0. The lowest BCUT2D eigenvalue weighted by atomic mass is 10.2. The first-order chi connectivity index (χ1) is 9.54. The first kappa shape index (κ1) is 15.6. The van der Waals surface area contributed by atoms with Crippen molar-refractivity contribution in [2.75, 3.05) is 0 Å². The molecule has 0 spiro atoms. The third kappa shape index (κ3) is 4.65.